The molecule has 0 aliphatic heterocycles. The van der Waals surface area contributed by atoms with E-state index in [1.165, 1.54) is 4.31 Å². The predicted octanol–water partition coefficient (Wildman–Crippen LogP) is 3.03. The summed E-state index contributed by atoms with van der Waals surface area (Å²) in [5.41, 5.74) is 6.25. The molecule has 0 radical (unpaired) electrons. The number of hydrogen-bond donors (Lipinski definition) is 1. The van der Waals surface area contributed by atoms with Gasteiger partial charge in [0.15, 0.2) is 0 Å². The van der Waals surface area contributed by atoms with E-state index in [-0.39, 0.29) is 10.1 Å². The van der Waals surface area contributed by atoms with Crippen LogP contribution < -0.4 is 5.73 Å². The number of thiophene rings is 1. The van der Waals surface area contributed by atoms with E-state index in [9.17, 15) is 8.42 Å². The van der Waals surface area contributed by atoms with E-state index in [4.69, 9.17) is 29.6 Å². The molecular formula is C12H19ClN2O2S3. The molecule has 0 saturated heterocycles. The van der Waals surface area contributed by atoms with Crippen LogP contribution in [-0.4, -0.2) is 30.8 Å². The fraction of sp³-hybridized carbons (Fsp3) is 0.583. The van der Waals surface area contributed by atoms with Gasteiger partial charge in [-0.3, -0.25) is 0 Å². The Kier molecular flexibility index (Phi) is 6.40. The number of halogens is 1. The van der Waals surface area contributed by atoms with Gasteiger partial charge >= 0.3 is 0 Å². The lowest BCUT2D eigenvalue weighted by Crippen LogP contribution is -2.36. The second-order valence-electron chi connectivity index (χ2n) is 5.00. The van der Waals surface area contributed by atoms with Gasteiger partial charge in [0.05, 0.1) is 9.32 Å². The number of nitrogens with two attached hydrogens (primary N) is 1. The van der Waals surface area contributed by atoms with Gasteiger partial charge in [0.2, 0.25) is 0 Å². The van der Waals surface area contributed by atoms with Crippen molar-refractivity contribution < 1.29 is 8.42 Å². The Balaban J connectivity index is 3.06. The molecule has 0 aliphatic carbocycles. The minimum atomic E-state index is -3.54. The molecule has 1 aromatic heterocycles. The zero-order valence-electron chi connectivity index (χ0n) is 11.7. The monoisotopic (exact) mass is 354 g/mol. The van der Waals surface area contributed by atoms with E-state index in [2.05, 4.69) is 0 Å². The molecule has 1 heterocycles. The van der Waals surface area contributed by atoms with Gasteiger partial charge in [0.1, 0.15) is 4.21 Å². The molecule has 0 fully saturated rings. The van der Waals surface area contributed by atoms with Crippen molar-refractivity contribution >= 4 is 50.2 Å². The van der Waals surface area contributed by atoms with E-state index < -0.39 is 10.0 Å². The van der Waals surface area contributed by atoms with Crippen LogP contribution in [0.3, 0.4) is 0 Å². The lowest BCUT2D eigenvalue weighted by molar-refractivity contribution is 0.375. The van der Waals surface area contributed by atoms with Gasteiger partial charge in [0, 0.05) is 19.5 Å². The molecule has 0 bridgehead atoms. The fourth-order valence-corrected chi connectivity index (χ4v) is 5.20. The zero-order chi connectivity index (χ0) is 15.5. The lowest BCUT2D eigenvalue weighted by atomic mass is 10.2. The third kappa shape index (κ3) is 4.66. The fourth-order valence-electron chi connectivity index (χ4n) is 1.64. The largest absolute Gasteiger partial charge is 0.393 e. The zero-order valence-corrected chi connectivity index (χ0v) is 14.9. The van der Waals surface area contributed by atoms with Gasteiger partial charge in [-0.25, -0.2) is 8.42 Å². The Morgan fingerprint density at radius 1 is 1.55 bits per heavy atom. The Bertz CT molecular complexity index is 562. The highest BCUT2D eigenvalue weighted by molar-refractivity contribution is 7.91. The number of sulfonamides is 1. The van der Waals surface area contributed by atoms with E-state index in [0.29, 0.717) is 28.8 Å². The van der Waals surface area contributed by atoms with Crippen LogP contribution in [0.25, 0.3) is 0 Å². The van der Waals surface area contributed by atoms with Crippen molar-refractivity contribution in [3.8, 4) is 0 Å². The second kappa shape index (κ2) is 7.17. The topological polar surface area (TPSA) is 63.4 Å². The van der Waals surface area contributed by atoms with Crippen molar-refractivity contribution in [1.82, 2.24) is 4.31 Å². The lowest BCUT2D eigenvalue weighted by Gasteiger charge is -2.23. The van der Waals surface area contributed by atoms with Crippen molar-refractivity contribution in [3.05, 3.63) is 16.0 Å². The number of hydrogen-bond acceptors (Lipinski definition) is 4. The van der Waals surface area contributed by atoms with E-state index >= 15 is 0 Å². The number of rotatable bonds is 7. The summed E-state index contributed by atoms with van der Waals surface area (Å²) in [6, 6.07) is 1.61. The summed E-state index contributed by atoms with van der Waals surface area (Å²) in [6.45, 7) is 6.45. The Hall–Kier alpha value is -0.210. The molecule has 8 heteroatoms. The molecule has 1 aromatic rings. The number of aryl methyl sites for hydroxylation is 1. The van der Waals surface area contributed by atoms with Crippen molar-refractivity contribution in [3.63, 3.8) is 0 Å². The maximum absolute atomic E-state index is 12.6. The molecule has 2 N–H and O–H groups in total. The summed E-state index contributed by atoms with van der Waals surface area (Å²) in [7, 11) is -3.54. The van der Waals surface area contributed by atoms with Crippen LogP contribution in [-0.2, 0) is 10.0 Å². The standard InChI is InChI=1S/C12H19ClN2O2S3/c1-8(2)7-15(5-4-10(14)18)20(16,17)11-6-9(3)12(13)19-11/h6,8H,4-5,7H2,1-3H3,(H2,14,18). The van der Waals surface area contributed by atoms with Crippen LogP contribution in [0.4, 0.5) is 0 Å². The van der Waals surface area contributed by atoms with E-state index in [0.717, 1.165) is 16.9 Å². The molecule has 4 nitrogen and oxygen atoms in total. The summed E-state index contributed by atoms with van der Waals surface area (Å²) in [5, 5.41) is 0. The summed E-state index contributed by atoms with van der Waals surface area (Å²) in [4.78, 5) is 0.314. The highest BCUT2D eigenvalue weighted by Crippen LogP contribution is 2.32. The van der Waals surface area contributed by atoms with Crippen LogP contribution in [0.2, 0.25) is 4.34 Å². The molecule has 0 aliphatic rings. The molecule has 114 valence electrons. The van der Waals surface area contributed by atoms with Crippen molar-refractivity contribution in [2.24, 2.45) is 11.7 Å². The quantitative estimate of drug-likeness (QED) is 0.764. The maximum Gasteiger partial charge on any atom is 0.252 e. The van der Waals surface area contributed by atoms with Gasteiger partial charge in [-0.15, -0.1) is 11.3 Å². The normalized spacial score (nSPS) is 12.3. The van der Waals surface area contributed by atoms with Crippen molar-refractivity contribution in [1.29, 1.82) is 0 Å². The third-order valence-corrected chi connectivity index (χ3v) is 6.68. The first-order chi connectivity index (χ1) is 9.14. The van der Waals surface area contributed by atoms with E-state index in [1.807, 2.05) is 13.8 Å². The Morgan fingerprint density at radius 2 is 2.15 bits per heavy atom. The molecule has 0 spiro atoms. The summed E-state index contributed by atoms with van der Waals surface area (Å²) in [6.07, 6.45) is 0.374. The van der Waals surface area contributed by atoms with Gasteiger partial charge in [-0.1, -0.05) is 37.7 Å². The van der Waals surface area contributed by atoms with Crippen molar-refractivity contribution in [2.45, 2.75) is 31.4 Å². The Labute approximate surface area is 135 Å². The van der Waals surface area contributed by atoms with Crippen LogP contribution >= 0.6 is 35.2 Å². The predicted molar refractivity (Wildman–Crippen MR) is 89.1 cm³/mol. The molecule has 1 rings (SSSR count). The summed E-state index contributed by atoms with van der Waals surface area (Å²) in [5.74, 6) is 0.215. The van der Waals surface area contributed by atoms with Crippen LogP contribution in [0.1, 0.15) is 25.8 Å². The first-order valence-corrected chi connectivity index (χ1v) is 9.23. The second-order valence-corrected chi connectivity index (χ2v) is 9.34. The Morgan fingerprint density at radius 3 is 2.55 bits per heavy atom. The van der Waals surface area contributed by atoms with Crippen LogP contribution in [0.5, 0.6) is 0 Å². The number of thiocarbonyl (C=S) groups is 1. The first-order valence-electron chi connectivity index (χ1n) is 6.19. The third-order valence-electron chi connectivity index (χ3n) is 2.61. The van der Waals surface area contributed by atoms with Gasteiger partial charge < -0.3 is 5.73 Å². The van der Waals surface area contributed by atoms with Crippen LogP contribution in [0, 0.1) is 12.8 Å². The molecule has 0 unspecified atom stereocenters. The maximum atomic E-state index is 12.6. The first kappa shape index (κ1) is 17.8. The van der Waals surface area contributed by atoms with E-state index in [1.54, 1.807) is 13.0 Å². The average molecular weight is 355 g/mol. The minimum Gasteiger partial charge on any atom is -0.393 e. The molecule has 20 heavy (non-hydrogen) atoms. The molecular weight excluding hydrogens is 336 g/mol. The van der Waals surface area contributed by atoms with Crippen molar-refractivity contribution in [2.75, 3.05) is 13.1 Å². The highest BCUT2D eigenvalue weighted by atomic mass is 35.5. The smallest absolute Gasteiger partial charge is 0.252 e. The molecule has 0 amide bonds. The van der Waals surface area contributed by atoms with Gasteiger partial charge in [-0.2, -0.15) is 4.31 Å². The summed E-state index contributed by atoms with van der Waals surface area (Å²) >= 11 is 11.9. The molecule has 0 aromatic carbocycles. The minimum absolute atomic E-state index is 0.215. The molecule has 0 atom stereocenters. The number of nitrogens with zero attached hydrogens (tertiary/aromatic N) is 1. The average Bonchev–Trinajstić information content (AvgIpc) is 2.65. The van der Waals surface area contributed by atoms with Crippen LogP contribution in [0.15, 0.2) is 10.3 Å². The van der Waals surface area contributed by atoms with Gasteiger partial charge in [0.25, 0.3) is 10.0 Å². The SMILES string of the molecule is Cc1cc(S(=O)(=O)N(CCC(N)=S)CC(C)C)sc1Cl. The van der Waals surface area contributed by atoms with Gasteiger partial charge in [-0.05, 0) is 24.5 Å². The molecule has 0 saturated carbocycles. The summed E-state index contributed by atoms with van der Waals surface area (Å²) < 4.78 is 27.5. The highest BCUT2D eigenvalue weighted by Gasteiger charge is 2.27.